The minimum atomic E-state index is -3.80. The molecular weight excluding hydrogens is 294 g/mol. The molecule has 1 unspecified atom stereocenters. The molecule has 0 aliphatic carbocycles. The van der Waals surface area contributed by atoms with Crippen LogP contribution >= 0.6 is 0 Å². The summed E-state index contributed by atoms with van der Waals surface area (Å²) in [4.78, 5) is 10.4. The molecule has 1 aromatic rings. The van der Waals surface area contributed by atoms with Crippen LogP contribution in [0.1, 0.15) is 12.5 Å². The van der Waals surface area contributed by atoms with Crippen molar-refractivity contribution < 1.29 is 23.1 Å². The van der Waals surface area contributed by atoms with Crippen molar-refractivity contribution in [3.8, 4) is 5.75 Å². The van der Waals surface area contributed by atoms with Crippen molar-refractivity contribution in [1.82, 2.24) is 4.72 Å². The summed E-state index contributed by atoms with van der Waals surface area (Å²) in [5, 5.41) is 8.60. The number of carbonyl (C=O) groups is 1. The lowest BCUT2D eigenvalue weighted by Crippen LogP contribution is -2.31. The first kappa shape index (κ1) is 16.9. The van der Waals surface area contributed by atoms with Crippen LogP contribution in [0.4, 0.5) is 0 Å². The second-order valence-electron chi connectivity index (χ2n) is 4.23. The van der Waals surface area contributed by atoms with Gasteiger partial charge in [0.05, 0.1) is 7.11 Å². The van der Waals surface area contributed by atoms with Crippen molar-refractivity contribution in [2.75, 3.05) is 7.11 Å². The maximum Gasteiger partial charge on any atom is 0.328 e. The molecule has 0 aromatic heterocycles. The summed E-state index contributed by atoms with van der Waals surface area (Å²) in [6.07, 6.45) is 3.69. The molecule has 0 heterocycles. The van der Waals surface area contributed by atoms with E-state index in [2.05, 4.69) is 11.3 Å². The number of nitrogens with one attached hydrogen (secondary N) is 1. The van der Waals surface area contributed by atoms with E-state index in [1.807, 2.05) is 0 Å². The topological polar surface area (TPSA) is 92.7 Å². The van der Waals surface area contributed by atoms with Crippen LogP contribution in [0.2, 0.25) is 0 Å². The lowest BCUT2D eigenvalue weighted by atomic mass is 10.2. The summed E-state index contributed by atoms with van der Waals surface area (Å²) < 4.78 is 32.0. The summed E-state index contributed by atoms with van der Waals surface area (Å²) in [5.74, 6) is -0.945. The summed E-state index contributed by atoms with van der Waals surface area (Å²) in [5.41, 5.74) is 0.435. The largest absolute Gasteiger partial charge is 0.495 e. The first-order valence-corrected chi connectivity index (χ1v) is 7.52. The average Bonchev–Trinajstić information content (AvgIpc) is 2.44. The molecule has 1 rings (SSSR count). The van der Waals surface area contributed by atoms with Gasteiger partial charge in [-0.15, -0.1) is 6.58 Å². The SMILES string of the molecule is C=CC(C)NS(=O)(=O)c1cc(/C=C/C(=O)O)ccc1OC. The normalized spacial score (nSPS) is 13.0. The van der Waals surface area contributed by atoms with Crippen molar-refractivity contribution >= 4 is 22.1 Å². The molecule has 0 fully saturated rings. The van der Waals surface area contributed by atoms with Gasteiger partial charge in [0.15, 0.2) is 0 Å². The number of hydrogen-bond acceptors (Lipinski definition) is 4. The van der Waals surface area contributed by atoms with E-state index in [-0.39, 0.29) is 10.6 Å². The van der Waals surface area contributed by atoms with E-state index in [1.54, 1.807) is 13.0 Å². The second-order valence-corrected chi connectivity index (χ2v) is 5.91. The third kappa shape index (κ3) is 4.73. The van der Waals surface area contributed by atoms with E-state index in [0.29, 0.717) is 5.56 Å². The fourth-order valence-electron chi connectivity index (χ4n) is 1.53. The van der Waals surface area contributed by atoms with Gasteiger partial charge in [-0.2, -0.15) is 0 Å². The Kier molecular flexibility index (Phi) is 5.69. The predicted octanol–water partition coefficient (Wildman–Crippen LogP) is 1.65. The molecule has 0 radical (unpaired) electrons. The third-order valence-electron chi connectivity index (χ3n) is 2.59. The molecule has 7 heteroatoms. The molecule has 0 spiro atoms. The van der Waals surface area contributed by atoms with Crippen LogP contribution in [0.15, 0.2) is 41.8 Å². The maximum atomic E-state index is 12.3. The highest BCUT2D eigenvalue weighted by molar-refractivity contribution is 7.89. The van der Waals surface area contributed by atoms with E-state index in [0.717, 1.165) is 6.08 Å². The van der Waals surface area contributed by atoms with Gasteiger partial charge in [-0.25, -0.2) is 17.9 Å². The van der Waals surface area contributed by atoms with E-state index < -0.39 is 22.0 Å². The Bertz CT molecular complexity index is 664. The van der Waals surface area contributed by atoms with Crippen molar-refractivity contribution in [2.24, 2.45) is 0 Å². The number of benzene rings is 1. The second kappa shape index (κ2) is 7.05. The monoisotopic (exact) mass is 311 g/mol. The highest BCUT2D eigenvalue weighted by Gasteiger charge is 2.21. The Morgan fingerprint density at radius 2 is 2.14 bits per heavy atom. The molecule has 6 nitrogen and oxygen atoms in total. The molecule has 114 valence electrons. The number of ether oxygens (including phenoxy) is 1. The standard InChI is InChI=1S/C14H17NO5S/c1-4-10(2)15-21(18,19)13-9-11(6-8-14(16)17)5-7-12(13)20-3/h4-10,15H,1H2,2-3H3,(H,16,17)/b8-6+. The number of carboxylic acids is 1. The maximum absolute atomic E-state index is 12.3. The lowest BCUT2D eigenvalue weighted by molar-refractivity contribution is -0.131. The van der Waals surface area contributed by atoms with Crippen LogP contribution in [-0.4, -0.2) is 32.6 Å². The van der Waals surface area contributed by atoms with Gasteiger partial charge in [-0.1, -0.05) is 12.1 Å². The summed E-state index contributed by atoms with van der Waals surface area (Å²) >= 11 is 0. The summed E-state index contributed by atoms with van der Waals surface area (Å²) in [6.45, 7) is 5.16. The van der Waals surface area contributed by atoms with Gasteiger partial charge < -0.3 is 9.84 Å². The summed E-state index contributed by atoms with van der Waals surface area (Å²) in [7, 11) is -2.44. The number of carboxylic acid groups (broad SMARTS) is 1. The van der Waals surface area contributed by atoms with Crippen molar-refractivity contribution in [1.29, 1.82) is 0 Å². The van der Waals surface area contributed by atoms with Gasteiger partial charge >= 0.3 is 5.97 Å². The van der Waals surface area contributed by atoms with Crippen LogP contribution in [0.5, 0.6) is 5.75 Å². The first-order chi connectivity index (χ1) is 9.80. The number of sulfonamides is 1. The molecule has 1 aromatic carbocycles. The fraction of sp³-hybridized carbons (Fsp3) is 0.214. The fourth-order valence-corrected chi connectivity index (χ4v) is 2.95. The summed E-state index contributed by atoms with van der Waals surface area (Å²) in [6, 6.07) is 3.93. The minimum absolute atomic E-state index is 0.0637. The Morgan fingerprint density at radius 3 is 2.67 bits per heavy atom. The van der Waals surface area contributed by atoms with Crippen LogP contribution in [0, 0.1) is 0 Å². The van der Waals surface area contributed by atoms with Crippen molar-refractivity contribution in [3.05, 3.63) is 42.5 Å². The first-order valence-electron chi connectivity index (χ1n) is 6.04. The lowest BCUT2D eigenvalue weighted by Gasteiger charge is -2.13. The molecule has 0 saturated carbocycles. The van der Waals surface area contributed by atoms with Crippen LogP contribution in [0.25, 0.3) is 6.08 Å². The van der Waals surface area contributed by atoms with Crippen LogP contribution in [-0.2, 0) is 14.8 Å². The molecular formula is C14H17NO5S. The van der Waals surface area contributed by atoms with Crippen LogP contribution in [0.3, 0.4) is 0 Å². The molecule has 21 heavy (non-hydrogen) atoms. The number of hydrogen-bond donors (Lipinski definition) is 2. The molecule has 1 atom stereocenters. The van der Waals surface area contributed by atoms with E-state index in [4.69, 9.17) is 9.84 Å². The Hall–Kier alpha value is -2.12. The zero-order chi connectivity index (χ0) is 16.0. The van der Waals surface area contributed by atoms with E-state index in [1.165, 1.54) is 31.4 Å². The quantitative estimate of drug-likeness (QED) is 0.590. The molecule has 0 aliphatic rings. The predicted molar refractivity (Wildman–Crippen MR) is 79.6 cm³/mol. The highest BCUT2D eigenvalue weighted by atomic mass is 32.2. The minimum Gasteiger partial charge on any atom is -0.495 e. The zero-order valence-corrected chi connectivity index (χ0v) is 12.6. The Labute approximate surface area is 123 Å². The van der Waals surface area contributed by atoms with Crippen molar-refractivity contribution in [3.63, 3.8) is 0 Å². The van der Waals surface area contributed by atoms with Gasteiger partial charge in [0.25, 0.3) is 0 Å². The smallest absolute Gasteiger partial charge is 0.328 e. The van der Waals surface area contributed by atoms with E-state index >= 15 is 0 Å². The molecule has 0 amide bonds. The third-order valence-corrected chi connectivity index (χ3v) is 4.17. The zero-order valence-electron chi connectivity index (χ0n) is 11.7. The van der Waals surface area contributed by atoms with E-state index in [9.17, 15) is 13.2 Å². The van der Waals surface area contributed by atoms with Crippen LogP contribution < -0.4 is 9.46 Å². The molecule has 0 aliphatic heterocycles. The molecule has 0 saturated heterocycles. The number of aliphatic carboxylic acids is 1. The average molecular weight is 311 g/mol. The molecule has 2 N–H and O–H groups in total. The van der Waals surface area contributed by atoms with Gasteiger partial charge in [-0.3, -0.25) is 0 Å². The Morgan fingerprint density at radius 1 is 1.48 bits per heavy atom. The number of methoxy groups -OCH3 is 1. The molecule has 0 bridgehead atoms. The van der Waals surface area contributed by atoms with Gasteiger partial charge in [0.1, 0.15) is 10.6 Å². The van der Waals surface area contributed by atoms with Gasteiger partial charge in [0.2, 0.25) is 10.0 Å². The van der Waals surface area contributed by atoms with Gasteiger partial charge in [-0.05, 0) is 30.7 Å². The highest BCUT2D eigenvalue weighted by Crippen LogP contribution is 2.25. The Balaban J connectivity index is 3.28. The van der Waals surface area contributed by atoms with Crippen molar-refractivity contribution in [2.45, 2.75) is 17.9 Å². The van der Waals surface area contributed by atoms with Gasteiger partial charge in [0, 0.05) is 12.1 Å². The number of rotatable bonds is 7.